The minimum absolute atomic E-state index is 0.0109. The van der Waals surface area contributed by atoms with Crippen molar-refractivity contribution in [2.24, 2.45) is 0 Å². The Morgan fingerprint density at radius 3 is 2.57 bits per heavy atom. The Labute approximate surface area is 222 Å². The largest absolute Gasteiger partial charge is 0.480 e. The number of aromatic nitrogens is 4. The molecule has 4 aromatic rings. The van der Waals surface area contributed by atoms with Crippen molar-refractivity contribution < 1.29 is 14.7 Å². The lowest BCUT2D eigenvalue weighted by molar-refractivity contribution is -0.139. The Morgan fingerprint density at radius 1 is 1.14 bits per heavy atom. The second-order valence-corrected chi connectivity index (χ2v) is 9.68. The molecule has 1 aliphatic heterocycles. The van der Waals surface area contributed by atoms with Crippen molar-refractivity contribution in [2.75, 3.05) is 6.54 Å². The van der Waals surface area contributed by atoms with Crippen LogP contribution >= 0.6 is 23.2 Å². The highest BCUT2D eigenvalue weighted by Crippen LogP contribution is 2.29. The van der Waals surface area contributed by atoms with Gasteiger partial charge in [0.25, 0.3) is 5.91 Å². The summed E-state index contributed by atoms with van der Waals surface area (Å²) in [5.41, 5.74) is 3.18. The molecule has 3 aromatic heterocycles. The summed E-state index contributed by atoms with van der Waals surface area (Å²) in [5, 5.41) is 15.9. The van der Waals surface area contributed by atoms with Gasteiger partial charge in [-0.1, -0.05) is 41.8 Å². The van der Waals surface area contributed by atoms with Gasteiger partial charge in [0.2, 0.25) is 0 Å². The number of carboxylic acids is 1. The molecule has 190 valence electrons. The van der Waals surface area contributed by atoms with Gasteiger partial charge in [0.1, 0.15) is 17.4 Å². The monoisotopic (exact) mass is 538 g/mol. The fourth-order valence-corrected chi connectivity index (χ4v) is 5.10. The third kappa shape index (κ3) is 5.29. The van der Waals surface area contributed by atoms with Crippen molar-refractivity contribution in [3.05, 3.63) is 82.0 Å². The van der Waals surface area contributed by atoms with Gasteiger partial charge in [-0.25, -0.2) is 14.8 Å². The van der Waals surface area contributed by atoms with Gasteiger partial charge in [0.05, 0.1) is 21.7 Å². The van der Waals surface area contributed by atoms with Crippen LogP contribution in [0.4, 0.5) is 0 Å². The Kier molecular flexibility index (Phi) is 7.36. The summed E-state index contributed by atoms with van der Waals surface area (Å²) in [6.45, 7) is 0.943. The maximum absolute atomic E-state index is 12.7. The third-order valence-corrected chi connectivity index (χ3v) is 6.96. The molecule has 1 saturated heterocycles. The lowest BCUT2D eigenvalue weighted by Gasteiger charge is -2.24. The second-order valence-electron chi connectivity index (χ2n) is 8.87. The molecule has 4 heterocycles. The molecule has 11 heteroatoms. The molecule has 1 amide bonds. The number of nitrogens with one attached hydrogen (secondary N) is 2. The fourth-order valence-electron chi connectivity index (χ4n) is 4.57. The molecule has 1 aliphatic rings. The van der Waals surface area contributed by atoms with E-state index < -0.39 is 17.9 Å². The second kappa shape index (κ2) is 10.8. The van der Waals surface area contributed by atoms with Crippen molar-refractivity contribution in [3.63, 3.8) is 0 Å². The minimum Gasteiger partial charge on any atom is -0.480 e. The normalized spacial score (nSPS) is 16.4. The number of fused-ring (bicyclic) bond motifs is 1. The van der Waals surface area contributed by atoms with Gasteiger partial charge in [-0.05, 0) is 49.2 Å². The van der Waals surface area contributed by atoms with Crippen molar-refractivity contribution in [1.82, 2.24) is 30.2 Å². The number of hydrogen-bond acceptors (Lipinski definition) is 6. The van der Waals surface area contributed by atoms with Crippen LogP contribution in [-0.4, -0.2) is 49.1 Å². The number of benzene rings is 1. The standard InChI is InChI=1S/C26H24Cl2N6O3/c27-17-13-29-14-18(28)22(17)25(35)33-21(26(36)37)12-15-6-8-16(9-7-15)34-23-20(5-3-11-31-23)32-24(34)19-4-1-2-10-30-19/h3,5-9,11,13-14,19,21,30H,1-2,4,10,12H2,(H,33,35)(H,36,37)/t19-,21-/m0/s1. The van der Waals surface area contributed by atoms with E-state index in [4.69, 9.17) is 28.2 Å². The Balaban J connectivity index is 1.40. The molecule has 5 rings (SSSR count). The maximum Gasteiger partial charge on any atom is 0.326 e. The summed E-state index contributed by atoms with van der Waals surface area (Å²) in [7, 11) is 0. The van der Waals surface area contributed by atoms with Crippen LogP contribution in [0.2, 0.25) is 10.0 Å². The number of amides is 1. The van der Waals surface area contributed by atoms with Gasteiger partial charge in [-0.3, -0.25) is 14.3 Å². The predicted molar refractivity (Wildman–Crippen MR) is 140 cm³/mol. The van der Waals surface area contributed by atoms with Crippen molar-refractivity contribution in [1.29, 1.82) is 0 Å². The number of pyridine rings is 2. The van der Waals surface area contributed by atoms with Gasteiger partial charge < -0.3 is 15.7 Å². The van der Waals surface area contributed by atoms with Crippen LogP contribution in [0.25, 0.3) is 16.9 Å². The Hall–Kier alpha value is -3.53. The summed E-state index contributed by atoms with van der Waals surface area (Å²) in [6, 6.07) is 10.3. The number of aliphatic carboxylic acids is 1. The number of imidazole rings is 1. The highest BCUT2D eigenvalue weighted by Gasteiger charge is 2.25. The Morgan fingerprint density at radius 2 is 1.89 bits per heavy atom. The van der Waals surface area contributed by atoms with Gasteiger partial charge >= 0.3 is 5.97 Å². The van der Waals surface area contributed by atoms with E-state index in [9.17, 15) is 14.7 Å². The molecule has 0 unspecified atom stereocenters. The molecule has 3 N–H and O–H groups in total. The number of carbonyl (C=O) groups is 2. The molecular formula is C26H24Cl2N6O3. The number of nitrogens with zero attached hydrogens (tertiary/aromatic N) is 4. The molecule has 2 atom stereocenters. The van der Waals surface area contributed by atoms with Crippen LogP contribution < -0.4 is 10.6 Å². The predicted octanol–water partition coefficient (Wildman–Crippen LogP) is 4.36. The summed E-state index contributed by atoms with van der Waals surface area (Å²) in [6.07, 6.45) is 7.64. The fraction of sp³-hybridized carbons (Fsp3) is 0.269. The van der Waals surface area contributed by atoms with E-state index in [2.05, 4.69) is 20.6 Å². The first-order valence-corrected chi connectivity index (χ1v) is 12.7. The van der Waals surface area contributed by atoms with Crippen LogP contribution in [-0.2, 0) is 11.2 Å². The summed E-state index contributed by atoms with van der Waals surface area (Å²) < 4.78 is 2.05. The van der Waals surface area contributed by atoms with Crippen LogP contribution in [0.15, 0.2) is 55.0 Å². The van der Waals surface area contributed by atoms with E-state index >= 15 is 0 Å². The van der Waals surface area contributed by atoms with E-state index in [0.717, 1.165) is 54.0 Å². The summed E-state index contributed by atoms with van der Waals surface area (Å²) in [4.78, 5) is 37.9. The zero-order valence-electron chi connectivity index (χ0n) is 19.7. The maximum atomic E-state index is 12.7. The number of piperidine rings is 1. The SMILES string of the molecule is O=C(N[C@@H](Cc1ccc(-n2c([C@@H]3CCCCN3)nc3cccnc32)cc1)C(=O)O)c1c(Cl)cncc1Cl. The van der Waals surface area contributed by atoms with Crippen LogP contribution in [0.1, 0.15) is 47.1 Å². The number of carbonyl (C=O) groups excluding carboxylic acids is 1. The quantitative estimate of drug-likeness (QED) is 0.319. The molecule has 9 nitrogen and oxygen atoms in total. The van der Waals surface area contributed by atoms with Gasteiger partial charge in [-0.15, -0.1) is 0 Å². The molecule has 0 aliphatic carbocycles. The lowest BCUT2D eigenvalue weighted by atomic mass is 10.0. The smallest absolute Gasteiger partial charge is 0.326 e. The molecule has 1 aromatic carbocycles. The summed E-state index contributed by atoms with van der Waals surface area (Å²) >= 11 is 12.1. The molecule has 0 saturated carbocycles. The zero-order valence-corrected chi connectivity index (χ0v) is 21.2. The van der Waals surface area contributed by atoms with Crippen molar-refractivity contribution in [3.8, 4) is 5.69 Å². The number of rotatable bonds is 7. The van der Waals surface area contributed by atoms with E-state index in [1.54, 1.807) is 6.20 Å². The first-order chi connectivity index (χ1) is 17.9. The minimum atomic E-state index is -1.18. The van der Waals surface area contributed by atoms with Crippen LogP contribution in [0.3, 0.4) is 0 Å². The number of hydrogen-bond donors (Lipinski definition) is 3. The molecule has 37 heavy (non-hydrogen) atoms. The highest BCUT2D eigenvalue weighted by atomic mass is 35.5. The average Bonchev–Trinajstić information content (AvgIpc) is 3.29. The molecule has 0 radical (unpaired) electrons. The van der Waals surface area contributed by atoms with E-state index in [1.807, 2.05) is 41.0 Å². The molecular weight excluding hydrogens is 515 g/mol. The lowest BCUT2D eigenvalue weighted by Crippen LogP contribution is -2.42. The van der Waals surface area contributed by atoms with Gasteiger partial charge in [-0.2, -0.15) is 0 Å². The first-order valence-electron chi connectivity index (χ1n) is 11.9. The summed E-state index contributed by atoms with van der Waals surface area (Å²) in [5.74, 6) is -0.945. The van der Waals surface area contributed by atoms with Gasteiger partial charge in [0.15, 0.2) is 5.65 Å². The van der Waals surface area contributed by atoms with Crippen LogP contribution in [0.5, 0.6) is 0 Å². The van der Waals surface area contributed by atoms with E-state index in [-0.39, 0.29) is 28.1 Å². The average molecular weight is 539 g/mol. The topological polar surface area (TPSA) is 122 Å². The molecule has 0 bridgehead atoms. The molecule has 1 fully saturated rings. The van der Waals surface area contributed by atoms with E-state index in [0.29, 0.717) is 0 Å². The zero-order chi connectivity index (χ0) is 25.9. The number of halogens is 2. The molecule has 0 spiro atoms. The van der Waals surface area contributed by atoms with Gasteiger partial charge in [0, 0.05) is 30.7 Å². The Bertz CT molecular complexity index is 1430. The van der Waals surface area contributed by atoms with E-state index in [1.165, 1.54) is 12.4 Å². The first kappa shape index (κ1) is 25.1. The highest BCUT2D eigenvalue weighted by molar-refractivity contribution is 6.39. The van der Waals surface area contributed by atoms with Crippen molar-refractivity contribution >= 4 is 46.2 Å². The number of carboxylic acid groups (broad SMARTS) is 1. The third-order valence-electron chi connectivity index (χ3n) is 6.38. The van der Waals surface area contributed by atoms with Crippen LogP contribution in [0, 0.1) is 0 Å². The van der Waals surface area contributed by atoms with Crippen molar-refractivity contribution in [2.45, 2.75) is 37.8 Å².